The number of fused-ring (bicyclic) bond motifs is 1. The van der Waals surface area contributed by atoms with Crippen molar-refractivity contribution in [2.24, 2.45) is 0 Å². The quantitative estimate of drug-likeness (QED) is 0.488. The molecule has 122 valence electrons. The third kappa shape index (κ3) is 3.15. The number of Topliss-reactive ketones (excluding diaryl/α,β-unsaturated/α-hetero) is 1. The second-order valence-corrected chi connectivity index (χ2v) is 5.20. The van der Waals surface area contributed by atoms with Crippen LogP contribution in [0.5, 0.6) is 17.2 Å². The van der Waals surface area contributed by atoms with Gasteiger partial charge in [0.15, 0.2) is 5.76 Å². The third-order valence-electron chi connectivity index (χ3n) is 3.55. The van der Waals surface area contributed by atoms with Crippen LogP contribution < -0.4 is 14.2 Å². The summed E-state index contributed by atoms with van der Waals surface area (Å²) in [6.45, 7) is 1.71. The standard InChI is InChI=1S/C19H16O5/c1-3-18(20)23-14-7-8-15-16(11-14)24-17(19(15)21)10-12-5-4-6-13(9-12)22-2/h4-11H,3H2,1-2H3. The van der Waals surface area contributed by atoms with Crippen LogP contribution in [-0.4, -0.2) is 18.9 Å². The van der Waals surface area contributed by atoms with E-state index in [2.05, 4.69) is 0 Å². The Morgan fingerprint density at radius 3 is 2.75 bits per heavy atom. The van der Waals surface area contributed by atoms with E-state index < -0.39 is 0 Å². The first-order valence-electron chi connectivity index (χ1n) is 7.53. The van der Waals surface area contributed by atoms with Crippen LogP contribution in [0.1, 0.15) is 29.3 Å². The number of hydrogen-bond donors (Lipinski definition) is 0. The molecule has 0 aromatic heterocycles. The van der Waals surface area contributed by atoms with Crippen molar-refractivity contribution in [3.63, 3.8) is 0 Å². The Morgan fingerprint density at radius 2 is 2.00 bits per heavy atom. The van der Waals surface area contributed by atoms with Gasteiger partial charge in [-0.2, -0.15) is 0 Å². The molecule has 2 aromatic carbocycles. The first-order chi connectivity index (χ1) is 11.6. The highest BCUT2D eigenvalue weighted by Gasteiger charge is 2.28. The van der Waals surface area contributed by atoms with Crippen molar-refractivity contribution >= 4 is 17.8 Å². The molecular weight excluding hydrogens is 308 g/mol. The Kier molecular flexibility index (Phi) is 4.33. The van der Waals surface area contributed by atoms with Gasteiger partial charge in [0.2, 0.25) is 5.78 Å². The fourth-order valence-corrected chi connectivity index (χ4v) is 2.32. The zero-order chi connectivity index (χ0) is 17.1. The average Bonchev–Trinajstić information content (AvgIpc) is 2.90. The molecule has 0 amide bonds. The number of ether oxygens (including phenoxy) is 3. The summed E-state index contributed by atoms with van der Waals surface area (Å²) in [5.41, 5.74) is 1.24. The predicted octanol–water partition coefficient (Wildman–Crippen LogP) is 3.63. The Balaban J connectivity index is 1.87. The van der Waals surface area contributed by atoms with Crippen molar-refractivity contribution in [1.29, 1.82) is 0 Å². The van der Waals surface area contributed by atoms with Crippen LogP contribution in [0.3, 0.4) is 0 Å². The smallest absolute Gasteiger partial charge is 0.310 e. The van der Waals surface area contributed by atoms with Gasteiger partial charge in [0.1, 0.15) is 17.2 Å². The van der Waals surface area contributed by atoms with Gasteiger partial charge in [-0.05, 0) is 35.9 Å². The highest BCUT2D eigenvalue weighted by molar-refractivity contribution is 6.14. The molecule has 0 spiro atoms. The van der Waals surface area contributed by atoms with Gasteiger partial charge in [-0.1, -0.05) is 19.1 Å². The SMILES string of the molecule is CCC(=O)Oc1ccc2c(c1)OC(=Cc1cccc(OC)c1)C2=O. The van der Waals surface area contributed by atoms with Gasteiger partial charge in [-0.15, -0.1) is 0 Å². The van der Waals surface area contributed by atoms with Crippen molar-refractivity contribution in [1.82, 2.24) is 0 Å². The minimum atomic E-state index is -0.341. The van der Waals surface area contributed by atoms with Crippen LogP contribution in [-0.2, 0) is 4.79 Å². The summed E-state index contributed by atoms with van der Waals surface area (Å²) in [6.07, 6.45) is 1.93. The van der Waals surface area contributed by atoms with Gasteiger partial charge in [0.05, 0.1) is 12.7 Å². The summed E-state index contributed by atoms with van der Waals surface area (Å²) in [6, 6.07) is 12.0. The molecule has 1 aliphatic heterocycles. The van der Waals surface area contributed by atoms with Gasteiger partial charge < -0.3 is 14.2 Å². The van der Waals surface area contributed by atoms with Crippen molar-refractivity contribution < 1.29 is 23.8 Å². The number of rotatable bonds is 4. The molecule has 0 aliphatic carbocycles. The van der Waals surface area contributed by atoms with E-state index in [9.17, 15) is 9.59 Å². The first-order valence-corrected chi connectivity index (χ1v) is 7.53. The molecule has 0 saturated heterocycles. The van der Waals surface area contributed by atoms with Crippen LogP contribution in [0.2, 0.25) is 0 Å². The van der Waals surface area contributed by atoms with Crippen molar-refractivity contribution in [3.05, 3.63) is 59.4 Å². The molecule has 5 nitrogen and oxygen atoms in total. The molecule has 1 aliphatic rings. The van der Waals surface area contributed by atoms with E-state index in [4.69, 9.17) is 14.2 Å². The molecule has 5 heteroatoms. The van der Waals surface area contributed by atoms with E-state index in [1.165, 1.54) is 0 Å². The fraction of sp³-hybridized carbons (Fsp3) is 0.158. The number of ketones is 1. The number of allylic oxidation sites excluding steroid dienone is 1. The van der Waals surface area contributed by atoms with E-state index in [1.807, 2.05) is 18.2 Å². The summed E-state index contributed by atoms with van der Waals surface area (Å²) in [7, 11) is 1.58. The second-order valence-electron chi connectivity index (χ2n) is 5.20. The Labute approximate surface area is 139 Å². The number of benzene rings is 2. The summed E-state index contributed by atoms with van der Waals surface area (Å²) >= 11 is 0. The van der Waals surface area contributed by atoms with Crippen LogP contribution in [0.4, 0.5) is 0 Å². The number of carbonyl (C=O) groups excluding carboxylic acids is 2. The lowest BCUT2D eigenvalue weighted by molar-refractivity contribution is -0.134. The number of hydrogen-bond acceptors (Lipinski definition) is 5. The minimum Gasteiger partial charge on any atom is -0.497 e. The molecule has 0 N–H and O–H groups in total. The molecule has 0 fully saturated rings. The normalized spacial score (nSPS) is 14.2. The van der Waals surface area contributed by atoms with Crippen molar-refractivity contribution in [2.75, 3.05) is 7.11 Å². The van der Waals surface area contributed by atoms with Crippen molar-refractivity contribution in [3.8, 4) is 17.2 Å². The maximum Gasteiger partial charge on any atom is 0.310 e. The van der Waals surface area contributed by atoms with Crippen LogP contribution in [0, 0.1) is 0 Å². The van der Waals surface area contributed by atoms with E-state index in [-0.39, 0.29) is 23.9 Å². The molecule has 24 heavy (non-hydrogen) atoms. The summed E-state index contributed by atoms with van der Waals surface area (Å²) < 4.78 is 15.9. The molecule has 2 aromatic rings. The topological polar surface area (TPSA) is 61.8 Å². The summed E-state index contributed by atoms with van der Waals surface area (Å²) in [5.74, 6) is 1.11. The lowest BCUT2D eigenvalue weighted by atomic mass is 10.1. The number of methoxy groups -OCH3 is 1. The van der Waals surface area contributed by atoms with Gasteiger partial charge in [0, 0.05) is 12.5 Å². The van der Waals surface area contributed by atoms with Gasteiger partial charge in [-0.3, -0.25) is 9.59 Å². The van der Waals surface area contributed by atoms with Gasteiger partial charge in [-0.25, -0.2) is 0 Å². The van der Waals surface area contributed by atoms with Crippen LogP contribution >= 0.6 is 0 Å². The Bertz CT molecular complexity index is 835. The van der Waals surface area contributed by atoms with E-state index in [0.717, 1.165) is 5.56 Å². The van der Waals surface area contributed by atoms with Gasteiger partial charge >= 0.3 is 5.97 Å². The monoisotopic (exact) mass is 324 g/mol. The van der Waals surface area contributed by atoms with E-state index in [0.29, 0.717) is 22.8 Å². The lowest BCUT2D eigenvalue weighted by Gasteiger charge is -2.04. The number of carbonyl (C=O) groups is 2. The third-order valence-corrected chi connectivity index (χ3v) is 3.55. The molecule has 1 heterocycles. The van der Waals surface area contributed by atoms with Crippen LogP contribution in [0.25, 0.3) is 6.08 Å². The maximum absolute atomic E-state index is 12.4. The summed E-state index contributed by atoms with van der Waals surface area (Å²) in [5, 5.41) is 0. The molecular formula is C19H16O5. The Hall–Kier alpha value is -3.08. The molecule has 0 saturated carbocycles. The molecule has 0 bridgehead atoms. The predicted molar refractivity (Wildman–Crippen MR) is 88.3 cm³/mol. The lowest BCUT2D eigenvalue weighted by Crippen LogP contribution is -2.05. The highest BCUT2D eigenvalue weighted by Crippen LogP contribution is 2.35. The molecule has 0 atom stereocenters. The zero-order valence-corrected chi connectivity index (χ0v) is 13.4. The largest absolute Gasteiger partial charge is 0.497 e. The van der Waals surface area contributed by atoms with E-state index >= 15 is 0 Å². The van der Waals surface area contributed by atoms with Crippen molar-refractivity contribution in [2.45, 2.75) is 13.3 Å². The fourth-order valence-electron chi connectivity index (χ4n) is 2.32. The molecule has 0 radical (unpaired) electrons. The average molecular weight is 324 g/mol. The second kappa shape index (κ2) is 6.58. The van der Waals surface area contributed by atoms with Gasteiger partial charge in [0.25, 0.3) is 0 Å². The zero-order valence-electron chi connectivity index (χ0n) is 13.4. The maximum atomic E-state index is 12.4. The molecule has 0 unspecified atom stereocenters. The van der Waals surface area contributed by atoms with Crippen LogP contribution in [0.15, 0.2) is 48.2 Å². The highest BCUT2D eigenvalue weighted by atomic mass is 16.5. The summed E-state index contributed by atoms with van der Waals surface area (Å²) in [4.78, 5) is 23.8. The number of esters is 1. The van der Waals surface area contributed by atoms with E-state index in [1.54, 1.807) is 44.4 Å². The molecule has 3 rings (SSSR count). The Morgan fingerprint density at radius 1 is 1.17 bits per heavy atom. The first kappa shape index (κ1) is 15.8. The minimum absolute atomic E-state index is 0.207.